The molecule has 2 heterocycles. The molecule has 1 aliphatic carbocycles. The van der Waals surface area contributed by atoms with Crippen LogP contribution in [0.5, 0.6) is 0 Å². The van der Waals surface area contributed by atoms with Crippen LogP contribution in [0.2, 0.25) is 0 Å². The lowest BCUT2D eigenvalue weighted by atomic mass is 9.87. The van der Waals surface area contributed by atoms with Gasteiger partial charge in [0, 0.05) is 43.1 Å². The number of piperazine rings is 1. The summed E-state index contributed by atoms with van der Waals surface area (Å²) >= 11 is 0. The van der Waals surface area contributed by atoms with E-state index in [0.717, 1.165) is 49.4 Å². The third-order valence-corrected chi connectivity index (χ3v) is 7.17. The fourth-order valence-corrected chi connectivity index (χ4v) is 5.27. The number of fused-ring (bicyclic) bond motifs is 1. The maximum absolute atomic E-state index is 13.1. The first-order chi connectivity index (χ1) is 17.0. The summed E-state index contributed by atoms with van der Waals surface area (Å²) in [4.78, 5) is 30.1. The van der Waals surface area contributed by atoms with Gasteiger partial charge in [-0.3, -0.25) is 14.3 Å². The molecule has 1 aliphatic heterocycles. The molecule has 1 N–H and O–H groups in total. The highest BCUT2D eigenvalue weighted by Gasteiger charge is 2.24. The molecule has 5 rings (SSSR count). The highest BCUT2D eigenvalue weighted by atomic mass is 16.2. The summed E-state index contributed by atoms with van der Waals surface area (Å²) in [5.74, 6) is 0.0593. The number of hydrogen-bond acceptors (Lipinski definition) is 4. The molecule has 7 nitrogen and oxygen atoms in total. The van der Waals surface area contributed by atoms with Gasteiger partial charge < -0.3 is 15.1 Å². The van der Waals surface area contributed by atoms with Crippen LogP contribution in [0.1, 0.15) is 51.8 Å². The number of amides is 2. The molecule has 0 radical (unpaired) electrons. The second-order valence-corrected chi connectivity index (χ2v) is 9.62. The third-order valence-electron chi connectivity index (χ3n) is 7.17. The Bertz CT molecular complexity index is 1230. The van der Waals surface area contributed by atoms with Gasteiger partial charge in [-0.1, -0.05) is 30.3 Å². The van der Waals surface area contributed by atoms with Crippen LogP contribution in [0, 0.1) is 13.8 Å². The van der Waals surface area contributed by atoms with Crippen molar-refractivity contribution in [2.45, 2.75) is 45.7 Å². The Labute approximate surface area is 206 Å². The number of nitrogens with one attached hydrogen (secondary N) is 1. The first-order valence-electron chi connectivity index (χ1n) is 12.5. The van der Waals surface area contributed by atoms with Crippen molar-refractivity contribution in [3.05, 3.63) is 82.7 Å². The predicted octanol–water partition coefficient (Wildman–Crippen LogP) is 3.66. The van der Waals surface area contributed by atoms with E-state index < -0.39 is 0 Å². The molecular formula is C28H33N5O2. The minimum Gasteiger partial charge on any atom is -0.368 e. The van der Waals surface area contributed by atoms with E-state index in [1.807, 2.05) is 55.1 Å². The largest absolute Gasteiger partial charge is 0.368 e. The van der Waals surface area contributed by atoms with Gasteiger partial charge in [0.05, 0.1) is 11.7 Å². The van der Waals surface area contributed by atoms with E-state index in [1.165, 1.54) is 11.1 Å². The Morgan fingerprint density at radius 1 is 1.00 bits per heavy atom. The van der Waals surface area contributed by atoms with Crippen molar-refractivity contribution < 1.29 is 9.59 Å². The minimum absolute atomic E-state index is 0.0350. The number of carbonyl (C=O) groups excluding carboxylic acids is 2. The molecule has 3 aromatic rings. The van der Waals surface area contributed by atoms with Crippen molar-refractivity contribution in [1.82, 2.24) is 20.0 Å². The molecule has 1 saturated heterocycles. The van der Waals surface area contributed by atoms with E-state index in [-0.39, 0.29) is 24.4 Å². The highest BCUT2D eigenvalue weighted by Crippen LogP contribution is 2.30. The Morgan fingerprint density at radius 3 is 2.57 bits per heavy atom. The highest BCUT2D eigenvalue weighted by molar-refractivity contribution is 5.95. The molecule has 0 bridgehead atoms. The van der Waals surface area contributed by atoms with E-state index in [4.69, 9.17) is 0 Å². The van der Waals surface area contributed by atoms with E-state index in [9.17, 15) is 9.59 Å². The molecule has 2 aromatic carbocycles. The summed E-state index contributed by atoms with van der Waals surface area (Å²) in [6.45, 7) is 6.99. The van der Waals surface area contributed by atoms with E-state index in [1.54, 1.807) is 4.68 Å². The Hall–Kier alpha value is -3.61. The van der Waals surface area contributed by atoms with Crippen LogP contribution in [0.25, 0.3) is 0 Å². The zero-order chi connectivity index (χ0) is 24.4. The van der Waals surface area contributed by atoms with Crippen molar-refractivity contribution in [3.8, 4) is 0 Å². The Balaban J connectivity index is 1.19. The zero-order valence-corrected chi connectivity index (χ0v) is 20.5. The van der Waals surface area contributed by atoms with E-state index in [0.29, 0.717) is 18.7 Å². The van der Waals surface area contributed by atoms with Gasteiger partial charge in [0.25, 0.3) is 5.91 Å². The molecule has 2 amide bonds. The number of nitrogens with zero attached hydrogens (tertiary/aromatic N) is 4. The van der Waals surface area contributed by atoms with E-state index in [2.05, 4.69) is 33.5 Å². The normalized spacial score (nSPS) is 17.7. The molecule has 1 fully saturated rings. The van der Waals surface area contributed by atoms with Gasteiger partial charge in [-0.2, -0.15) is 5.10 Å². The molecule has 1 aromatic heterocycles. The number of rotatable bonds is 5. The number of aromatic nitrogens is 2. The maximum Gasteiger partial charge on any atom is 0.251 e. The lowest BCUT2D eigenvalue weighted by molar-refractivity contribution is -0.132. The second kappa shape index (κ2) is 9.94. The number of anilines is 1. The summed E-state index contributed by atoms with van der Waals surface area (Å²) < 4.78 is 1.77. The van der Waals surface area contributed by atoms with Gasteiger partial charge in [-0.05, 0) is 68.5 Å². The first kappa shape index (κ1) is 23.1. The molecule has 1 unspecified atom stereocenters. The molecule has 0 spiro atoms. The van der Waals surface area contributed by atoms with Crippen LogP contribution in [-0.4, -0.2) is 52.7 Å². The van der Waals surface area contributed by atoms with Crippen molar-refractivity contribution in [1.29, 1.82) is 0 Å². The monoisotopic (exact) mass is 471 g/mol. The average molecular weight is 472 g/mol. The summed E-state index contributed by atoms with van der Waals surface area (Å²) in [5.41, 5.74) is 6.20. The van der Waals surface area contributed by atoms with Crippen LogP contribution < -0.4 is 10.2 Å². The number of aryl methyl sites for hydroxylation is 3. The van der Waals surface area contributed by atoms with Gasteiger partial charge >= 0.3 is 0 Å². The molecule has 7 heteroatoms. The smallest absolute Gasteiger partial charge is 0.251 e. The standard InChI is InChI=1S/C28H33N5O2/c1-20-17-21(2)33(30-20)19-27(34)32-15-13-31(14-16-32)24-10-5-9-23(18-24)28(35)29-26-12-6-8-22-7-3-4-11-25(22)26/h3-5,7,9-11,17-18,26H,6,8,12-16,19H2,1-2H3,(H,29,35). The Morgan fingerprint density at radius 2 is 1.80 bits per heavy atom. The van der Waals surface area contributed by atoms with Crippen molar-refractivity contribution >= 4 is 17.5 Å². The van der Waals surface area contributed by atoms with Gasteiger partial charge in [0.1, 0.15) is 6.54 Å². The number of benzene rings is 2. The van der Waals surface area contributed by atoms with Crippen LogP contribution in [0.4, 0.5) is 5.69 Å². The Kier molecular flexibility index (Phi) is 6.57. The molecular weight excluding hydrogens is 438 g/mol. The molecule has 35 heavy (non-hydrogen) atoms. The number of hydrogen-bond donors (Lipinski definition) is 1. The second-order valence-electron chi connectivity index (χ2n) is 9.62. The van der Waals surface area contributed by atoms with Gasteiger partial charge in [0.2, 0.25) is 5.91 Å². The van der Waals surface area contributed by atoms with Crippen molar-refractivity contribution in [3.63, 3.8) is 0 Å². The summed E-state index contributed by atoms with van der Waals surface area (Å²) in [6.07, 6.45) is 3.13. The summed E-state index contributed by atoms with van der Waals surface area (Å²) in [6, 6.07) is 18.3. The average Bonchev–Trinajstić information content (AvgIpc) is 3.20. The molecule has 1 atom stereocenters. The van der Waals surface area contributed by atoms with Crippen LogP contribution in [-0.2, 0) is 17.8 Å². The molecule has 2 aliphatic rings. The SMILES string of the molecule is Cc1cc(C)n(CC(=O)N2CCN(c3cccc(C(=O)NC4CCCc5ccccc54)c3)CC2)n1. The summed E-state index contributed by atoms with van der Waals surface area (Å²) in [5, 5.41) is 7.66. The molecule has 182 valence electrons. The summed E-state index contributed by atoms with van der Waals surface area (Å²) in [7, 11) is 0. The predicted molar refractivity (Wildman–Crippen MR) is 137 cm³/mol. The lowest BCUT2D eigenvalue weighted by Gasteiger charge is -2.36. The van der Waals surface area contributed by atoms with Crippen molar-refractivity contribution in [2.24, 2.45) is 0 Å². The van der Waals surface area contributed by atoms with E-state index >= 15 is 0 Å². The van der Waals surface area contributed by atoms with Crippen LogP contribution >= 0.6 is 0 Å². The van der Waals surface area contributed by atoms with Crippen LogP contribution in [0.15, 0.2) is 54.6 Å². The maximum atomic E-state index is 13.1. The zero-order valence-electron chi connectivity index (χ0n) is 20.5. The van der Waals surface area contributed by atoms with Gasteiger partial charge in [-0.15, -0.1) is 0 Å². The molecule has 0 saturated carbocycles. The van der Waals surface area contributed by atoms with Crippen LogP contribution in [0.3, 0.4) is 0 Å². The first-order valence-corrected chi connectivity index (χ1v) is 12.5. The number of carbonyl (C=O) groups is 2. The lowest BCUT2D eigenvalue weighted by Crippen LogP contribution is -2.49. The van der Waals surface area contributed by atoms with Gasteiger partial charge in [-0.25, -0.2) is 0 Å². The third kappa shape index (κ3) is 5.09. The fraction of sp³-hybridized carbons (Fsp3) is 0.393. The quantitative estimate of drug-likeness (QED) is 0.617. The fourth-order valence-electron chi connectivity index (χ4n) is 5.27. The van der Waals surface area contributed by atoms with Crippen molar-refractivity contribution in [2.75, 3.05) is 31.1 Å². The minimum atomic E-state index is -0.0350. The van der Waals surface area contributed by atoms with Gasteiger partial charge in [0.15, 0.2) is 0 Å². The topological polar surface area (TPSA) is 70.5 Å².